The van der Waals surface area contributed by atoms with Crippen LogP contribution in [-0.4, -0.2) is 51.7 Å². The number of H-pyrrole nitrogens is 1. The van der Waals surface area contributed by atoms with E-state index < -0.39 is 17.5 Å². The largest absolute Gasteiger partial charge is 0.465 e. The summed E-state index contributed by atoms with van der Waals surface area (Å²) in [5.41, 5.74) is 0.594. The zero-order chi connectivity index (χ0) is 22.7. The minimum atomic E-state index is -0.490. The Labute approximate surface area is 183 Å². The van der Waals surface area contributed by atoms with Gasteiger partial charge in [0.05, 0.1) is 18.4 Å². The van der Waals surface area contributed by atoms with Crippen molar-refractivity contribution in [1.29, 1.82) is 0 Å². The Morgan fingerprint density at radius 2 is 1.75 bits per heavy atom. The van der Waals surface area contributed by atoms with Gasteiger partial charge in [-0.05, 0) is 55.2 Å². The van der Waals surface area contributed by atoms with Gasteiger partial charge in [-0.1, -0.05) is 12.1 Å². The smallest absolute Gasteiger partial charge is 0.348 e. The van der Waals surface area contributed by atoms with Gasteiger partial charge in [0, 0.05) is 25.1 Å². The summed E-state index contributed by atoms with van der Waals surface area (Å²) in [6.45, 7) is 1.13. The lowest BCUT2D eigenvalue weighted by molar-refractivity contribution is 0.0599. The fourth-order valence-electron chi connectivity index (χ4n) is 4.00. The van der Waals surface area contributed by atoms with E-state index in [9.17, 15) is 18.8 Å². The van der Waals surface area contributed by atoms with Gasteiger partial charge in [0.1, 0.15) is 11.6 Å². The molecule has 1 aliphatic heterocycles. The minimum absolute atomic E-state index is 0.0945. The third-order valence-corrected chi connectivity index (χ3v) is 5.76. The molecule has 0 bridgehead atoms. The summed E-state index contributed by atoms with van der Waals surface area (Å²) in [7, 11) is 1.31. The molecule has 1 N–H and O–H groups in total. The molecule has 1 amide bonds. The maximum Gasteiger partial charge on any atom is 0.348 e. The van der Waals surface area contributed by atoms with Crippen molar-refractivity contribution in [2.45, 2.75) is 19.3 Å². The number of likely N-dealkylation sites (tertiary alicyclic amines) is 1. The molecule has 0 radical (unpaired) electrons. The van der Waals surface area contributed by atoms with Crippen LogP contribution in [-0.2, 0) is 11.2 Å². The molecule has 1 saturated heterocycles. The predicted octanol–water partition coefficient (Wildman–Crippen LogP) is 2.58. The molecule has 0 atom stereocenters. The maximum atomic E-state index is 14.2. The molecular formula is C23H23FN4O4. The molecule has 0 spiro atoms. The number of rotatable bonds is 5. The summed E-state index contributed by atoms with van der Waals surface area (Å²) in [5, 5.41) is 6.51. The highest BCUT2D eigenvalue weighted by Gasteiger charge is 2.26. The number of aromatic nitrogens is 3. The SMILES string of the molecule is COC(=O)c1ccc(C(=O)N2CCC(Cc3n[nH]c(=O)n3-c3ccccc3F)CC2)cc1. The summed E-state index contributed by atoms with van der Waals surface area (Å²) < 4.78 is 20.2. The van der Waals surface area contributed by atoms with Gasteiger partial charge in [0.15, 0.2) is 0 Å². The molecule has 9 heteroatoms. The highest BCUT2D eigenvalue weighted by molar-refractivity contribution is 5.96. The Balaban J connectivity index is 1.40. The van der Waals surface area contributed by atoms with E-state index in [1.807, 2.05) is 0 Å². The third-order valence-electron chi connectivity index (χ3n) is 5.76. The number of aromatic amines is 1. The number of nitrogens with zero attached hydrogens (tertiary/aromatic N) is 3. The van der Waals surface area contributed by atoms with E-state index in [2.05, 4.69) is 14.9 Å². The summed E-state index contributed by atoms with van der Waals surface area (Å²) in [6, 6.07) is 12.5. The molecular weight excluding hydrogens is 415 g/mol. The second-order valence-corrected chi connectivity index (χ2v) is 7.74. The molecule has 3 aromatic rings. The van der Waals surface area contributed by atoms with Crippen molar-refractivity contribution >= 4 is 11.9 Å². The van der Waals surface area contributed by atoms with Crippen molar-refractivity contribution in [3.63, 3.8) is 0 Å². The molecule has 1 aliphatic rings. The van der Waals surface area contributed by atoms with Gasteiger partial charge in [-0.15, -0.1) is 0 Å². The van der Waals surface area contributed by atoms with E-state index >= 15 is 0 Å². The number of methoxy groups -OCH3 is 1. The molecule has 8 nitrogen and oxygen atoms in total. The first-order chi connectivity index (χ1) is 15.5. The zero-order valence-corrected chi connectivity index (χ0v) is 17.6. The van der Waals surface area contributed by atoms with E-state index in [1.54, 1.807) is 47.4 Å². The van der Waals surface area contributed by atoms with Crippen molar-refractivity contribution < 1.29 is 18.7 Å². The van der Waals surface area contributed by atoms with Crippen LogP contribution >= 0.6 is 0 Å². The van der Waals surface area contributed by atoms with Crippen LogP contribution in [0.3, 0.4) is 0 Å². The van der Waals surface area contributed by atoms with Gasteiger partial charge in [-0.25, -0.2) is 23.6 Å². The number of ether oxygens (including phenoxy) is 1. The lowest BCUT2D eigenvalue weighted by Gasteiger charge is -2.32. The molecule has 32 heavy (non-hydrogen) atoms. The number of esters is 1. The number of hydrogen-bond donors (Lipinski definition) is 1. The van der Waals surface area contributed by atoms with Gasteiger partial charge in [-0.2, -0.15) is 5.10 Å². The zero-order valence-electron chi connectivity index (χ0n) is 17.6. The van der Waals surface area contributed by atoms with Crippen molar-refractivity contribution in [2.75, 3.05) is 20.2 Å². The maximum absolute atomic E-state index is 14.2. The van der Waals surface area contributed by atoms with Crippen LogP contribution in [0, 0.1) is 11.7 Å². The number of piperidine rings is 1. The highest BCUT2D eigenvalue weighted by Crippen LogP contribution is 2.23. The number of carbonyl (C=O) groups is 2. The first-order valence-corrected chi connectivity index (χ1v) is 10.4. The Bertz CT molecular complexity index is 1180. The van der Waals surface area contributed by atoms with Crippen molar-refractivity contribution in [2.24, 2.45) is 5.92 Å². The van der Waals surface area contributed by atoms with E-state index in [-0.39, 0.29) is 17.5 Å². The second kappa shape index (κ2) is 9.17. The van der Waals surface area contributed by atoms with Gasteiger partial charge >= 0.3 is 11.7 Å². The molecule has 166 valence electrons. The molecule has 0 saturated carbocycles. The van der Waals surface area contributed by atoms with Crippen LogP contribution in [0.1, 0.15) is 39.4 Å². The van der Waals surface area contributed by atoms with Crippen molar-refractivity contribution in [3.05, 3.63) is 81.8 Å². The summed E-state index contributed by atoms with van der Waals surface area (Å²) in [4.78, 5) is 38.3. The molecule has 0 unspecified atom stereocenters. The van der Waals surface area contributed by atoms with E-state index in [0.29, 0.717) is 36.5 Å². The number of amides is 1. The number of benzene rings is 2. The topological polar surface area (TPSA) is 97.3 Å². The highest BCUT2D eigenvalue weighted by atomic mass is 19.1. The quantitative estimate of drug-likeness (QED) is 0.618. The van der Waals surface area contributed by atoms with Gasteiger partial charge in [-0.3, -0.25) is 4.79 Å². The van der Waals surface area contributed by atoms with Gasteiger partial charge < -0.3 is 9.64 Å². The fourth-order valence-corrected chi connectivity index (χ4v) is 4.00. The normalized spacial score (nSPS) is 14.4. The second-order valence-electron chi connectivity index (χ2n) is 7.74. The van der Waals surface area contributed by atoms with Gasteiger partial charge in [0.2, 0.25) is 0 Å². The molecule has 0 aliphatic carbocycles. The molecule has 2 aromatic carbocycles. The number of hydrogen-bond acceptors (Lipinski definition) is 5. The van der Waals surface area contributed by atoms with Crippen molar-refractivity contribution in [1.82, 2.24) is 19.7 Å². The number of carbonyl (C=O) groups excluding carboxylic acids is 2. The van der Waals surface area contributed by atoms with Gasteiger partial charge in [0.25, 0.3) is 5.91 Å². The van der Waals surface area contributed by atoms with E-state index in [1.165, 1.54) is 17.7 Å². The average Bonchev–Trinajstić information content (AvgIpc) is 3.18. The Hall–Kier alpha value is -3.75. The Morgan fingerprint density at radius 1 is 1.09 bits per heavy atom. The monoisotopic (exact) mass is 438 g/mol. The van der Waals surface area contributed by atoms with Crippen LogP contribution < -0.4 is 5.69 Å². The van der Waals surface area contributed by atoms with Crippen LogP contribution in [0.15, 0.2) is 53.3 Å². The standard InChI is InChI=1S/C23H23FN4O4/c1-32-22(30)17-8-6-16(7-9-17)21(29)27-12-10-15(11-13-27)14-20-25-26-23(31)28(20)19-5-3-2-4-18(19)24/h2-9,15H,10-14H2,1H3,(H,26,31). The Kier molecular flexibility index (Phi) is 6.16. The van der Waals surface area contributed by atoms with E-state index in [0.717, 1.165) is 12.8 Å². The first-order valence-electron chi connectivity index (χ1n) is 10.4. The number of nitrogens with one attached hydrogen (secondary N) is 1. The minimum Gasteiger partial charge on any atom is -0.465 e. The number of halogens is 1. The van der Waals surface area contributed by atoms with Crippen LogP contribution in [0.2, 0.25) is 0 Å². The van der Waals surface area contributed by atoms with E-state index in [4.69, 9.17) is 0 Å². The summed E-state index contributed by atoms with van der Waals surface area (Å²) in [5.74, 6) is -0.347. The number of para-hydroxylation sites is 1. The average molecular weight is 438 g/mol. The molecule has 1 fully saturated rings. The predicted molar refractivity (Wildman–Crippen MR) is 114 cm³/mol. The Morgan fingerprint density at radius 3 is 2.41 bits per heavy atom. The van der Waals surface area contributed by atoms with Crippen LogP contribution in [0.25, 0.3) is 5.69 Å². The third kappa shape index (κ3) is 4.32. The fraction of sp³-hybridized carbons (Fsp3) is 0.304. The molecule has 4 rings (SSSR count). The lowest BCUT2D eigenvalue weighted by Crippen LogP contribution is -2.39. The lowest BCUT2D eigenvalue weighted by atomic mass is 9.92. The van der Waals surface area contributed by atoms with Crippen LogP contribution in [0.5, 0.6) is 0 Å². The van der Waals surface area contributed by atoms with Crippen molar-refractivity contribution in [3.8, 4) is 5.69 Å². The molecule has 1 aromatic heterocycles. The van der Waals surface area contributed by atoms with Crippen LogP contribution in [0.4, 0.5) is 4.39 Å². The summed E-state index contributed by atoms with van der Waals surface area (Å²) in [6.07, 6.45) is 1.98. The molecule has 2 heterocycles. The summed E-state index contributed by atoms with van der Waals surface area (Å²) >= 11 is 0. The first kappa shape index (κ1) is 21.5.